The van der Waals surface area contributed by atoms with Crippen LogP contribution in [0.2, 0.25) is 0 Å². The highest BCUT2D eigenvalue weighted by Crippen LogP contribution is 2.17. The van der Waals surface area contributed by atoms with Gasteiger partial charge in [-0.1, -0.05) is 6.07 Å². The van der Waals surface area contributed by atoms with Gasteiger partial charge in [-0.3, -0.25) is 0 Å². The van der Waals surface area contributed by atoms with Gasteiger partial charge in [0, 0.05) is 6.54 Å². The normalized spacial score (nSPS) is 9.92. The van der Waals surface area contributed by atoms with Crippen molar-refractivity contribution < 1.29 is 9.13 Å². The molecule has 0 fully saturated rings. The Balaban J connectivity index is 2.72. The lowest BCUT2D eigenvalue weighted by molar-refractivity contribution is 0.311. The van der Waals surface area contributed by atoms with Crippen molar-refractivity contribution in [3.63, 3.8) is 0 Å². The van der Waals surface area contributed by atoms with Gasteiger partial charge in [0.1, 0.15) is 6.61 Å². The van der Waals surface area contributed by atoms with Crippen LogP contribution in [0.5, 0.6) is 5.75 Å². The van der Waals surface area contributed by atoms with E-state index >= 15 is 0 Å². The van der Waals surface area contributed by atoms with Gasteiger partial charge in [0.15, 0.2) is 11.6 Å². The lowest BCUT2D eigenvalue weighted by Gasteiger charge is -2.05. The quantitative estimate of drug-likeness (QED) is 0.743. The molecule has 0 spiro atoms. The van der Waals surface area contributed by atoms with Crippen LogP contribution in [0.15, 0.2) is 18.2 Å². The average molecular weight is 169 g/mol. The van der Waals surface area contributed by atoms with E-state index in [0.29, 0.717) is 13.2 Å². The number of hydrogen-bond acceptors (Lipinski definition) is 2. The number of hydrogen-bond donors (Lipinski definition) is 1. The zero-order chi connectivity index (χ0) is 8.97. The van der Waals surface area contributed by atoms with E-state index in [-0.39, 0.29) is 11.6 Å². The summed E-state index contributed by atoms with van der Waals surface area (Å²) in [6.45, 7) is 2.57. The minimum atomic E-state index is -0.330. The van der Waals surface area contributed by atoms with E-state index in [0.717, 1.165) is 5.56 Å². The van der Waals surface area contributed by atoms with Crippen LogP contribution in [0.3, 0.4) is 0 Å². The van der Waals surface area contributed by atoms with Crippen LogP contribution in [0.1, 0.15) is 5.56 Å². The second kappa shape index (κ2) is 4.07. The van der Waals surface area contributed by atoms with Crippen LogP contribution >= 0.6 is 0 Å². The third-order valence-electron chi connectivity index (χ3n) is 1.46. The fourth-order valence-electron chi connectivity index (χ4n) is 0.892. The summed E-state index contributed by atoms with van der Waals surface area (Å²) in [7, 11) is 0. The molecule has 0 bridgehead atoms. The van der Waals surface area contributed by atoms with E-state index in [1.165, 1.54) is 6.07 Å². The standard InChI is InChI=1S/C9H12FNO/c1-7-2-3-9(8(10)6-7)12-5-4-11/h2-3,6H,4-5,11H2,1H3. The molecule has 1 rings (SSSR count). The van der Waals surface area contributed by atoms with Crippen molar-refractivity contribution in [1.29, 1.82) is 0 Å². The Hall–Kier alpha value is -1.09. The Morgan fingerprint density at radius 2 is 2.25 bits per heavy atom. The summed E-state index contributed by atoms with van der Waals surface area (Å²) in [5, 5.41) is 0. The smallest absolute Gasteiger partial charge is 0.165 e. The molecule has 0 saturated carbocycles. The molecular formula is C9H12FNO. The predicted octanol–water partition coefficient (Wildman–Crippen LogP) is 1.47. The van der Waals surface area contributed by atoms with Crippen LogP contribution in [-0.2, 0) is 0 Å². The lowest BCUT2D eigenvalue weighted by Crippen LogP contribution is -2.11. The minimum Gasteiger partial charge on any atom is -0.489 e. The Morgan fingerprint density at radius 3 is 2.83 bits per heavy atom. The minimum absolute atomic E-state index is 0.269. The van der Waals surface area contributed by atoms with Gasteiger partial charge in [0.05, 0.1) is 0 Å². The molecule has 0 atom stereocenters. The molecule has 0 amide bonds. The average Bonchev–Trinajstić information content (AvgIpc) is 2.03. The molecule has 1 aromatic rings. The predicted molar refractivity (Wildman–Crippen MR) is 45.7 cm³/mol. The topological polar surface area (TPSA) is 35.2 Å². The summed E-state index contributed by atoms with van der Waals surface area (Å²) in [5.74, 6) is -0.0606. The van der Waals surface area contributed by atoms with Gasteiger partial charge < -0.3 is 10.5 Å². The maximum Gasteiger partial charge on any atom is 0.165 e. The molecule has 3 heteroatoms. The van der Waals surface area contributed by atoms with E-state index in [2.05, 4.69) is 0 Å². The van der Waals surface area contributed by atoms with Gasteiger partial charge in [-0.05, 0) is 24.6 Å². The highest BCUT2D eigenvalue weighted by molar-refractivity contribution is 5.28. The van der Waals surface area contributed by atoms with E-state index in [1.807, 2.05) is 6.92 Å². The van der Waals surface area contributed by atoms with Gasteiger partial charge in [0.2, 0.25) is 0 Å². The molecule has 0 unspecified atom stereocenters. The summed E-state index contributed by atoms with van der Waals surface area (Å²) in [5.41, 5.74) is 6.09. The van der Waals surface area contributed by atoms with Crippen molar-refractivity contribution in [3.05, 3.63) is 29.6 Å². The molecule has 0 aliphatic carbocycles. The first-order valence-corrected chi connectivity index (χ1v) is 3.83. The highest BCUT2D eigenvalue weighted by Gasteiger charge is 2.01. The molecule has 0 aromatic heterocycles. The molecule has 0 aliphatic rings. The molecule has 66 valence electrons. The Bertz CT molecular complexity index is 263. The summed E-state index contributed by atoms with van der Waals surface area (Å²) >= 11 is 0. The van der Waals surface area contributed by atoms with E-state index in [1.54, 1.807) is 12.1 Å². The third kappa shape index (κ3) is 2.20. The fourth-order valence-corrected chi connectivity index (χ4v) is 0.892. The molecule has 0 saturated heterocycles. The number of halogens is 1. The van der Waals surface area contributed by atoms with Crippen LogP contribution < -0.4 is 10.5 Å². The molecule has 2 N–H and O–H groups in total. The second-order valence-electron chi connectivity index (χ2n) is 2.57. The van der Waals surface area contributed by atoms with Crippen molar-refractivity contribution in [1.82, 2.24) is 0 Å². The molecule has 1 aromatic carbocycles. The number of nitrogens with two attached hydrogens (primary N) is 1. The summed E-state index contributed by atoms with van der Waals surface area (Å²) < 4.78 is 18.0. The summed E-state index contributed by atoms with van der Waals surface area (Å²) in [6.07, 6.45) is 0. The van der Waals surface area contributed by atoms with E-state index in [4.69, 9.17) is 10.5 Å². The van der Waals surface area contributed by atoms with Crippen LogP contribution in [0.25, 0.3) is 0 Å². The number of rotatable bonds is 3. The molecule has 12 heavy (non-hydrogen) atoms. The Morgan fingerprint density at radius 1 is 1.50 bits per heavy atom. The van der Waals surface area contributed by atoms with Crippen molar-refractivity contribution >= 4 is 0 Å². The van der Waals surface area contributed by atoms with E-state index < -0.39 is 0 Å². The zero-order valence-corrected chi connectivity index (χ0v) is 7.01. The first-order valence-electron chi connectivity index (χ1n) is 3.83. The molecule has 2 nitrogen and oxygen atoms in total. The van der Waals surface area contributed by atoms with Crippen LogP contribution in [-0.4, -0.2) is 13.2 Å². The summed E-state index contributed by atoms with van der Waals surface area (Å²) in [6, 6.07) is 4.85. The SMILES string of the molecule is Cc1ccc(OCCN)c(F)c1. The molecular weight excluding hydrogens is 157 g/mol. The number of ether oxygens (including phenoxy) is 1. The third-order valence-corrected chi connectivity index (χ3v) is 1.46. The fraction of sp³-hybridized carbons (Fsp3) is 0.333. The molecule has 0 heterocycles. The van der Waals surface area contributed by atoms with Crippen molar-refractivity contribution in [3.8, 4) is 5.75 Å². The van der Waals surface area contributed by atoms with Crippen molar-refractivity contribution in [2.75, 3.05) is 13.2 Å². The van der Waals surface area contributed by atoms with Crippen LogP contribution in [0.4, 0.5) is 4.39 Å². The zero-order valence-electron chi connectivity index (χ0n) is 7.01. The monoisotopic (exact) mass is 169 g/mol. The number of aryl methyl sites for hydroxylation is 1. The van der Waals surface area contributed by atoms with Gasteiger partial charge >= 0.3 is 0 Å². The number of benzene rings is 1. The van der Waals surface area contributed by atoms with Crippen molar-refractivity contribution in [2.45, 2.75) is 6.92 Å². The van der Waals surface area contributed by atoms with Gasteiger partial charge in [-0.15, -0.1) is 0 Å². The highest BCUT2D eigenvalue weighted by atomic mass is 19.1. The van der Waals surface area contributed by atoms with Crippen molar-refractivity contribution in [2.24, 2.45) is 5.73 Å². The van der Waals surface area contributed by atoms with E-state index in [9.17, 15) is 4.39 Å². The molecule has 0 aliphatic heterocycles. The second-order valence-corrected chi connectivity index (χ2v) is 2.57. The van der Waals surface area contributed by atoms with Crippen LogP contribution in [0, 0.1) is 12.7 Å². The van der Waals surface area contributed by atoms with Gasteiger partial charge in [-0.2, -0.15) is 0 Å². The maximum absolute atomic E-state index is 13.0. The lowest BCUT2D eigenvalue weighted by atomic mass is 10.2. The molecule has 0 radical (unpaired) electrons. The Labute approximate surface area is 71.1 Å². The summed E-state index contributed by atoms with van der Waals surface area (Å²) in [4.78, 5) is 0. The Kier molecular flexibility index (Phi) is 3.05. The first kappa shape index (κ1) is 9.00. The van der Waals surface area contributed by atoms with Gasteiger partial charge in [-0.25, -0.2) is 4.39 Å². The largest absolute Gasteiger partial charge is 0.489 e. The maximum atomic E-state index is 13.0. The first-order chi connectivity index (χ1) is 5.74. The van der Waals surface area contributed by atoms with Gasteiger partial charge in [0.25, 0.3) is 0 Å².